The van der Waals surface area contributed by atoms with Crippen molar-refractivity contribution < 1.29 is 14.7 Å². The second-order valence-corrected chi connectivity index (χ2v) is 14.5. The molecular formula is C34H49N5O3S. The molecule has 2 heterocycles. The fourth-order valence-electron chi connectivity index (χ4n) is 5.98. The number of benzene rings is 2. The van der Waals surface area contributed by atoms with E-state index in [-0.39, 0.29) is 28.6 Å². The number of carbonyl (C=O) groups excluding carboxylic acids is 2. The van der Waals surface area contributed by atoms with Gasteiger partial charge in [0.15, 0.2) is 0 Å². The highest BCUT2D eigenvalue weighted by molar-refractivity contribution is 8.01. The van der Waals surface area contributed by atoms with E-state index in [9.17, 15) is 14.7 Å². The van der Waals surface area contributed by atoms with Gasteiger partial charge in [0.1, 0.15) is 6.04 Å². The Morgan fingerprint density at radius 2 is 1.81 bits per heavy atom. The zero-order valence-electron chi connectivity index (χ0n) is 26.7. The van der Waals surface area contributed by atoms with Gasteiger partial charge in [-0.25, -0.2) is 0 Å². The van der Waals surface area contributed by atoms with E-state index in [4.69, 9.17) is 0 Å². The number of nitrogens with one attached hydrogen (secondary N) is 3. The number of aliphatic hydroxyl groups is 1. The maximum Gasteiger partial charge on any atom is 0.251 e. The van der Waals surface area contributed by atoms with Gasteiger partial charge in [0, 0.05) is 54.1 Å². The van der Waals surface area contributed by atoms with Crippen molar-refractivity contribution in [3.63, 3.8) is 0 Å². The van der Waals surface area contributed by atoms with Crippen molar-refractivity contribution in [1.82, 2.24) is 20.5 Å². The van der Waals surface area contributed by atoms with E-state index in [0.29, 0.717) is 24.9 Å². The molecule has 4 N–H and O–H groups in total. The summed E-state index contributed by atoms with van der Waals surface area (Å²) in [4.78, 5) is 27.0. The molecule has 0 fully saturated rings. The quantitative estimate of drug-likeness (QED) is 0.203. The molecular weight excluding hydrogens is 558 g/mol. The molecule has 8 nitrogen and oxygen atoms in total. The molecule has 2 aromatic carbocycles. The third kappa shape index (κ3) is 8.13. The van der Waals surface area contributed by atoms with Crippen LogP contribution in [0.5, 0.6) is 0 Å². The van der Waals surface area contributed by atoms with Gasteiger partial charge in [-0.05, 0) is 82.2 Å². The fraction of sp³-hybridized carbons (Fsp3) is 0.529. The second kappa shape index (κ2) is 14.2. The lowest BCUT2D eigenvalue weighted by molar-refractivity contribution is -0.126. The molecule has 0 saturated heterocycles. The normalized spacial score (nSPS) is 16.5. The number of aryl methyl sites for hydroxylation is 1. The van der Waals surface area contributed by atoms with Crippen molar-refractivity contribution in [1.29, 1.82) is 0 Å². The number of nitrogens with zero attached hydrogens (tertiary/aromatic N) is 2. The number of carbonyl (C=O) groups is 2. The molecule has 43 heavy (non-hydrogen) atoms. The van der Waals surface area contributed by atoms with Gasteiger partial charge >= 0.3 is 0 Å². The lowest BCUT2D eigenvalue weighted by atomic mass is 10.0. The first-order valence-corrected chi connectivity index (χ1v) is 16.3. The Morgan fingerprint density at radius 3 is 2.47 bits per heavy atom. The molecule has 3 atom stereocenters. The summed E-state index contributed by atoms with van der Waals surface area (Å²) in [5, 5.41) is 21.4. The minimum atomic E-state index is -0.829. The van der Waals surface area contributed by atoms with E-state index in [2.05, 4.69) is 58.8 Å². The molecule has 3 aromatic rings. The number of rotatable bonds is 13. The van der Waals surface area contributed by atoms with E-state index in [1.807, 2.05) is 63.2 Å². The van der Waals surface area contributed by atoms with E-state index < -0.39 is 12.1 Å². The van der Waals surface area contributed by atoms with Crippen LogP contribution in [0.3, 0.4) is 0 Å². The molecule has 0 unspecified atom stereocenters. The minimum absolute atomic E-state index is 0.000343. The predicted molar refractivity (Wildman–Crippen MR) is 179 cm³/mol. The van der Waals surface area contributed by atoms with Crippen LogP contribution < -0.4 is 20.3 Å². The fourth-order valence-corrected chi connectivity index (χ4v) is 7.15. The third-order valence-electron chi connectivity index (χ3n) is 7.88. The van der Waals surface area contributed by atoms with E-state index in [1.54, 1.807) is 11.9 Å². The summed E-state index contributed by atoms with van der Waals surface area (Å²) in [6, 6.07) is 12.9. The number of anilines is 1. The average molecular weight is 608 g/mol. The highest BCUT2D eigenvalue weighted by Crippen LogP contribution is 2.42. The average Bonchev–Trinajstić information content (AvgIpc) is 3.24. The minimum Gasteiger partial charge on any atom is -0.391 e. The topological polar surface area (TPSA) is 98.6 Å². The number of amides is 2. The van der Waals surface area contributed by atoms with Crippen LogP contribution in [0, 0.1) is 0 Å². The molecule has 0 spiro atoms. The summed E-state index contributed by atoms with van der Waals surface area (Å²) >= 11 is 1.78. The van der Waals surface area contributed by atoms with Gasteiger partial charge in [0.05, 0.1) is 17.3 Å². The van der Waals surface area contributed by atoms with Crippen LogP contribution in [0.15, 0.2) is 48.7 Å². The van der Waals surface area contributed by atoms with Crippen molar-refractivity contribution in [2.24, 2.45) is 0 Å². The van der Waals surface area contributed by atoms with E-state index >= 15 is 0 Å². The monoisotopic (exact) mass is 607 g/mol. The van der Waals surface area contributed by atoms with Crippen molar-refractivity contribution in [3.05, 3.63) is 65.4 Å². The smallest absolute Gasteiger partial charge is 0.251 e. The highest BCUT2D eigenvalue weighted by Gasteiger charge is 2.31. The molecule has 0 bridgehead atoms. The number of aliphatic hydroxyl groups excluding tert-OH is 1. The Kier molecular flexibility index (Phi) is 10.8. The predicted octanol–water partition coefficient (Wildman–Crippen LogP) is 5.07. The summed E-state index contributed by atoms with van der Waals surface area (Å²) in [6.07, 6.45) is 4.13. The summed E-state index contributed by atoms with van der Waals surface area (Å²) < 4.78 is 4.53. The lowest BCUT2D eigenvalue weighted by Crippen LogP contribution is -2.56. The summed E-state index contributed by atoms with van der Waals surface area (Å²) in [7, 11) is 2.07. The second-order valence-electron chi connectivity index (χ2n) is 12.6. The Morgan fingerprint density at radius 1 is 1.09 bits per heavy atom. The van der Waals surface area contributed by atoms with Crippen molar-refractivity contribution in [2.45, 2.75) is 103 Å². The molecule has 234 valence electrons. The van der Waals surface area contributed by atoms with Crippen LogP contribution in [0.4, 0.5) is 5.69 Å². The van der Waals surface area contributed by atoms with Crippen LogP contribution >= 0.6 is 11.9 Å². The molecule has 0 aliphatic carbocycles. The van der Waals surface area contributed by atoms with Crippen LogP contribution in [0.1, 0.15) is 75.9 Å². The van der Waals surface area contributed by atoms with Gasteiger partial charge < -0.3 is 29.9 Å². The Bertz CT molecular complexity index is 1400. The first-order valence-electron chi connectivity index (χ1n) is 15.6. The molecule has 2 amide bonds. The zero-order valence-corrected chi connectivity index (χ0v) is 27.6. The van der Waals surface area contributed by atoms with Crippen molar-refractivity contribution in [3.8, 4) is 0 Å². The zero-order chi connectivity index (χ0) is 31.3. The lowest BCUT2D eigenvalue weighted by Gasteiger charge is -2.28. The Labute approximate surface area is 261 Å². The molecule has 4 rings (SSSR count). The van der Waals surface area contributed by atoms with Gasteiger partial charge in [0.2, 0.25) is 5.91 Å². The third-order valence-corrected chi connectivity index (χ3v) is 8.97. The molecule has 1 aliphatic heterocycles. The van der Waals surface area contributed by atoms with Crippen LogP contribution in [0.2, 0.25) is 0 Å². The summed E-state index contributed by atoms with van der Waals surface area (Å²) in [5.41, 5.74) is 5.12. The van der Waals surface area contributed by atoms with Crippen LogP contribution in [-0.2, 0) is 24.2 Å². The first kappa shape index (κ1) is 32.9. The van der Waals surface area contributed by atoms with E-state index in [1.165, 1.54) is 11.1 Å². The maximum atomic E-state index is 14.0. The van der Waals surface area contributed by atoms with E-state index in [0.717, 1.165) is 36.0 Å². The molecule has 1 aromatic heterocycles. The molecule has 0 radical (unpaired) electrons. The Hall–Kier alpha value is -3.01. The van der Waals surface area contributed by atoms with Gasteiger partial charge in [-0.3, -0.25) is 9.59 Å². The first-order chi connectivity index (χ1) is 20.4. The van der Waals surface area contributed by atoms with Crippen molar-refractivity contribution in [2.75, 3.05) is 17.9 Å². The standard InChI is InChI=1S/C34H49N5O3S/c1-8-13-29(40)30(33(42)36-22(3)4)35-19-26(16-23-14-11-10-12-15-23)37-32(41)25-17-27-24(9-2)20-39-21-34(5,6)43-38(7)28(18-25)31(27)39/h10-12,14-15,17-18,20,22,26,29-30,35,40H,8-9,13,16,19,21H2,1-7H3,(H,36,42)(H,37,41)/t26-,29-,30-/m0/s1. The molecule has 0 saturated carbocycles. The van der Waals surface area contributed by atoms with Gasteiger partial charge in [0.25, 0.3) is 5.91 Å². The van der Waals surface area contributed by atoms with Crippen LogP contribution in [-0.4, -0.2) is 64.1 Å². The SMILES string of the molecule is CCC[C@H](O)[C@H](NC[C@H](Cc1ccccc1)NC(=O)c1cc2c3c(c1)c(CC)cn3CC(C)(C)SN2C)C(=O)NC(C)C. The van der Waals surface area contributed by atoms with Gasteiger partial charge in [-0.1, -0.05) is 50.6 Å². The molecule has 1 aliphatic rings. The Balaban J connectivity index is 1.63. The number of hydrogen-bond donors (Lipinski definition) is 4. The van der Waals surface area contributed by atoms with Gasteiger partial charge in [-0.15, -0.1) is 0 Å². The van der Waals surface area contributed by atoms with Gasteiger partial charge in [-0.2, -0.15) is 0 Å². The summed E-state index contributed by atoms with van der Waals surface area (Å²) in [5.74, 6) is -0.392. The highest BCUT2D eigenvalue weighted by atomic mass is 32.2. The summed E-state index contributed by atoms with van der Waals surface area (Å²) in [6.45, 7) is 13.7. The van der Waals surface area contributed by atoms with Crippen molar-refractivity contribution >= 4 is 40.4 Å². The maximum absolute atomic E-state index is 14.0. The largest absolute Gasteiger partial charge is 0.391 e. The number of hydrogen-bond acceptors (Lipinski definition) is 6. The molecule has 9 heteroatoms. The van der Waals surface area contributed by atoms with Crippen LogP contribution in [0.25, 0.3) is 10.9 Å². The number of aromatic nitrogens is 1.